The molecule has 1 rings (SSSR count). The van der Waals surface area contributed by atoms with E-state index in [0.717, 1.165) is 12.0 Å². The van der Waals surface area contributed by atoms with Gasteiger partial charge in [0.1, 0.15) is 0 Å². The molecular weight excluding hydrogens is 264 g/mol. The molecule has 5 nitrogen and oxygen atoms in total. The molecule has 106 valence electrons. The molecule has 0 aliphatic rings. The van der Waals surface area contributed by atoms with E-state index in [-0.39, 0.29) is 16.7 Å². The van der Waals surface area contributed by atoms with Crippen molar-refractivity contribution in [2.24, 2.45) is 0 Å². The largest absolute Gasteiger partial charge is 0.310 e. The summed E-state index contributed by atoms with van der Waals surface area (Å²) in [5, 5.41) is 14.1. The quantitative estimate of drug-likeness (QED) is 0.615. The van der Waals surface area contributed by atoms with Crippen LogP contribution in [0.5, 0.6) is 0 Å². The van der Waals surface area contributed by atoms with E-state index in [1.165, 1.54) is 6.07 Å². The van der Waals surface area contributed by atoms with Gasteiger partial charge in [-0.25, -0.2) is 0 Å². The lowest BCUT2D eigenvalue weighted by Gasteiger charge is -2.14. The first-order valence-corrected chi connectivity index (χ1v) is 7.90. The number of benzene rings is 1. The van der Waals surface area contributed by atoms with Crippen LogP contribution in [0, 0.1) is 17.0 Å². The fraction of sp³-hybridized carbons (Fsp3) is 0.538. The van der Waals surface area contributed by atoms with Gasteiger partial charge in [0.15, 0.2) is 0 Å². The van der Waals surface area contributed by atoms with Crippen molar-refractivity contribution in [1.29, 1.82) is 0 Å². The Morgan fingerprint density at radius 3 is 2.74 bits per heavy atom. The highest BCUT2D eigenvalue weighted by atomic mass is 32.2. The average Bonchev–Trinajstić information content (AvgIpc) is 2.34. The van der Waals surface area contributed by atoms with Crippen LogP contribution < -0.4 is 5.32 Å². The van der Waals surface area contributed by atoms with Crippen LogP contribution in [-0.4, -0.2) is 27.2 Å². The van der Waals surface area contributed by atoms with Crippen molar-refractivity contribution in [3.05, 3.63) is 39.4 Å². The molecule has 0 saturated heterocycles. The number of rotatable bonds is 7. The lowest BCUT2D eigenvalue weighted by atomic mass is 10.1. The van der Waals surface area contributed by atoms with E-state index in [2.05, 4.69) is 5.32 Å². The van der Waals surface area contributed by atoms with Crippen LogP contribution in [0.3, 0.4) is 0 Å². The third-order valence-corrected chi connectivity index (χ3v) is 3.90. The third-order valence-electron chi connectivity index (χ3n) is 3.09. The highest BCUT2D eigenvalue weighted by Gasteiger charge is 2.13. The minimum absolute atomic E-state index is 0.154. The molecule has 2 atom stereocenters. The Balaban J connectivity index is 2.60. The molecule has 2 unspecified atom stereocenters. The van der Waals surface area contributed by atoms with Crippen molar-refractivity contribution >= 4 is 16.5 Å². The first kappa shape index (κ1) is 15.8. The van der Waals surface area contributed by atoms with Gasteiger partial charge in [-0.05, 0) is 25.8 Å². The molecule has 0 saturated carbocycles. The summed E-state index contributed by atoms with van der Waals surface area (Å²) in [6.07, 6.45) is 2.52. The van der Waals surface area contributed by atoms with Crippen molar-refractivity contribution in [3.63, 3.8) is 0 Å². The second-order valence-corrected chi connectivity index (χ2v) is 6.22. The molecule has 0 aromatic heterocycles. The topological polar surface area (TPSA) is 72.2 Å². The summed E-state index contributed by atoms with van der Waals surface area (Å²) < 4.78 is 11.0. The zero-order chi connectivity index (χ0) is 14.4. The fourth-order valence-corrected chi connectivity index (χ4v) is 2.47. The molecule has 0 aliphatic carbocycles. The summed E-state index contributed by atoms with van der Waals surface area (Å²) in [6, 6.07) is 5.35. The molecule has 0 aliphatic heterocycles. The monoisotopic (exact) mass is 284 g/mol. The smallest absolute Gasteiger partial charge is 0.272 e. The summed E-state index contributed by atoms with van der Waals surface area (Å²) in [5.41, 5.74) is 1.78. The van der Waals surface area contributed by atoms with Gasteiger partial charge in [0.25, 0.3) is 5.69 Å². The summed E-state index contributed by atoms with van der Waals surface area (Å²) in [7, 11) is -0.778. The van der Waals surface area contributed by atoms with E-state index in [1.54, 1.807) is 19.2 Å². The molecule has 1 aromatic carbocycles. The minimum atomic E-state index is -0.778. The summed E-state index contributed by atoms with van der Waals surface area (Å²) >= 11 is 0. The number of nitrogens with zero attached hydrogens (tertiary/aromatic N) is 1. The van der Waals surface area contributed by atoms with Crippen LogP contribution in [0.15, 0.2) is 18.2 Å². The van der Waals surface area contributed by atoms with E-state index in [9.17, 15) is 14.3 Å². The molecule has 0 bridgehead atoms. The van der Waals surface area contributed by atoms with Gasteiger partial charge in [-0.2, -0.15) is 0 Å². The Morgan fingerprint density at radius 2 is 2.16 bits per heavy atom. The van der Waals surface area contributed by atoms with Gasteiger partial charge in [0.2, 0.25) is 0 Å². The van der Waals surface area contributed by atoms with E-state index < -0.39 is 10.8 Å². The van der Waals surface area contributed by atoms with Gasteiger partial charge in [-0.1, -0.05) is 12.1 Å². The highest BCUT2D eigenvalue weighted by Crippen LogP contribution is 2.20. The Kier molecular flexibility index (Phi) is 6.11. The van der Waals surface area contributed by atoms with Crippen molar-refractivity contribution in [2.45, 2.75) is 32.9 Å². The van der Waals surface area contributed by atoms with Gasteiger partial charge in [-0.15, -0.1) is 0 Å². The molecule has 1 N–H and O–H groups in total. The van der Waals surface area contributed by atoms with Crippen LogP contribution >= 0.6 is 0 Å². The number of nitro groups is 1. The summed E-state index contributed by atoms with van der Waals surface area (Å²) in [4.78, 5) is 10.5. The maximum absolute atomic E-state index is 11.0. The molecule has 0 spiro atoms. The van der Waals surface area contributed by atoms with Crippen LogP contribution in [-0.2, 0) is 17.3 Å². The molecule has 0 radical (unpaired) electrons. The second-order valence-electron chi connectivity index (χ2n) is 4.67. The first-order chi connectivity index (χ1) is 8.91. The van der Waals surface area contributed by atoms with Crippen LogP contribution in [0.1, 0.15) is 24.5 Å². The van der Waals surface area contributed by atoms with Gasteiger partial charge in [0.05, 0.1) is 4.92 Å². The SMILES string of the molecule is Cc1c(CNC(C)CCS(C)=O)cccc1[N+](=O)[O-]. The Labute approximate surface area is 116 Å². The van der Waals surface area contributed by atoms with Crippen molar-refractivity contribution in [1.82, 2.24) is 5.32 Å². The standard InChI is InChI=1S/C13H20N2O3S/c1-10(7-8-19(3)18)14-9-12-5-4-6-13(11(12)2)15(16)17/h4-6,10,14H,7-9H2,1-3H3. The zero-order valence-corrected chi connectivity index (χ0v) is 12.3. The maximum Gasteiger partial charge on any atom is 0.272 e. The predicted octanol–water partition coefficient (Wildman–Crippen LogP) is 2.15. The Morgan fingerprint density at radius 1 is 1.47 bits per heavy atom. The normalized spacial score (nSPS) is 14.1. The van der Waals surface area contributed by atoms with Crippen LogP contribution in [0.25, 0.3) is 0 Å². The zero-order valence-electron chi connectivity index (χ0n) is 11.5. The number of hydrogen-bond acceptors (Lipinski definition) is 4. The van der Waals surface area contributed by atoms with E-state index in [1.807, 2.05) is 13.0 Å². The summed E-state index contributed by atoms with van der Waals surface area (Å²) in [6.45, 7) is 4.38. The van der Waals surface area contributed by atoms with Crippen molar-refractivity contribution in [3.8, 4) is 0 Å². The molecule has 0 amide bonds. The third kappa shape index (κ3) is 5.08. The fourth-order valence-electron chi connectivity index (χ4n) is 1.79. The van der Waals surface area contributed by atoms with E-state index in [4.69, 9.17) is 0 Å². The molecular formula is C13H20N2O3S. The molecule has 0 fully saturated rings. The molecule has 1 aromatic rings. The lowest BCUT2D eigenvalue weighted by molar-refractivity contribution is -0.385. The predicted molar refractivity (Wildman–Crippen MR) is 77.7 cm³/mol. The number of hydrogen-bond donors (Lipinski definition) is 1. The van der Waals surface area contributed by atoms with Gasteiger partial charge in [0, 0.05) is 47.0 Å². The first-order valence-electron chi connectivity index (χ1n) is 6.18. The van der Waals surface area contributed by atoms with Crippen molar-refractivity contribution in [2.75, 3.05) is 12.0 Å². The van der Waals surface area contributed by atoms with Crippen LogP contribution in [0.4, 0.5) is 5.69 Å². The maximum atomic E-state index is 11.0. The molecule has 19 heavy (non-hydrogen) atoms. The Hall–Kier alpha value is -1.27. The average molecular weight is 284 g/mol. The van der Waals surface area contributed by atoms with E-state index in [0.29, 0.717) is 17.9 Å². The van der Waals surface area contributed by atoms with Gasteiger partial charge < -0.3 is 5.32 Å². The second kappa shape index (κ2) is 7.35. The molecule has 0 heterocycles. The lowest BCUT2D eigenvalue weighted by Crippen LogP contribution is -2.27. The molecule has 6 heteroatoms. The number of nitro benzene ring substituents is 1. The Bertz CT molecular complexity index is 477. The highest BCUT2D eigenvalue weighted by molar-refractivity contribution is 7.84. The van der Waals surface area contributed by atoms with Crippen LogP contribution in [0.2, 0.25) is 0 Å². The van der Waals surface area contributed by atoms with Crippen molar-refractivity contribution < 1.29 is 9.13 Å². The summed E-state index contributed by atoms with van der Waals surface area (Å²) in [5.74, 6) is 0.669. The van der Waals surface area contributed by atoms with Gasteiger partial charge in [-0.3, -0.25) is 14.3 Å². The minimum Gasteiger partial charge on any atom is -0.310 e. The van der Waals surface area contributed by atoms with E-state index >= 15 is 0 Å². The van der Waals surface area contributed by atoms with Gasteiger partial charge >= 0.3 is 0 Å². The number of nitrogens with one attached hydrogen (secondary N) is 1.